The summed E-state index contributed by atoms with van der Waals surface area (Å²) in [5.41, 5.74) is 0. The van der Waals surface area contributed by atoms with Crippen LogP contribution < -0.4 is 4.90 Å². The smallest absolute Gasteiger partial charge is 0.307 e. The molecule has 1 aliphatic rings. The Hall–Kier alpha value is -0.880. The van der Waals surface area contributed by atoms with Crippen LogP contribution in [0.3, 0.4) is 0 Å². The molecule has 4 nitrogen and oxygen atoms in total. The van der Waals surface area contributed by atoms with E-state index in [2.05, 4.69) is 15.9 Å². The van der Waals surface area contributed by atoms with Crippen molar-refractivity contribution < 1.29 is 14.7 Å². The standard InChI is InChI=1S/C10H10BrNO3S/c1-12(8-3-2-7(11)16-8)9(13)5-4-6(5)10(14)15/h2-3,5-6H,4H2,1H3,(H,14,15). The van der Waals surface area contributed by atoms with Gasteiger partial charge in [-0.3, -0.25) is 9.59 Å². The van der Waals surface area contributed by atoms with E-state index in [9.17, 15) is 9.59 Å². The summed E-state index contributed by atoms with van der Waals surface area (Å²) in [6.07, 6.45) is 0.463. The number of rotatable bonds is 3. The normalized spacial score (nSPS) is 22.9. The number of carboxylic acids is 1. The van der Waals surface area contributed by atoms with Gasteiger partial charge in [-0.25, -0.2) is 0 Å². The molecule has 16 heavy (non-hydrogen) atoms. The van der Waals surface area contributed by atoms with E-state index < -0.39 is 11.9 Å². The number of hydrogen-bond donors (Lipinski definition) is 1. The number of nitrogens with zero attached hydrogens (tertiary/aromatic N) is 1. The van der Waals surface area contributed by atoms with Gasteiger partial charge in [-0.15, -0.1) is 11.3 Å². The molecule has 2 atom stereocenters. The maximum absolute atomic E-state index is 11.9. The van der Waals surface area contributed by atoms with Crippen LogP contribution in [0, 0.1) is 11.8 Å². The van der Waals surface area contributed by atoms with Crippen molar-refractivity contribution in [3.63, 3.8) is 0 Å². The molecule has 2 rings (SSSR count). The molecule has 0 aliphatic heterocycles. The molecule has 0 bridgehead atoms. The van der Waals surface area contributed by atoms with Gasteiger partial charge in [-0.05, 0) is 34.5 Å². The number of carbonyl (C=O) groups is 2. The molecule has 0 radical (unpaired) electrons. The topological polar surface area (TPSA) is 57.6 Å². The average Bonchev–Trinajstić information content (AvgIpc) is 2.93. The van der Waals surface area contributed by atoms with Crippen molar-refractivity contribution in [1.29, 1.82) is 0 Å². The second-order valence-electron chi connectivity index (χ2n) is 3.76. The fraction of sp³-hybridized carbons (Fsp3) is 0.400. The number of amides is 1. The molecular formula is C10H10BrNO3S. The van der Waals surface area contributed by atoms with Gasteiger partial charge in [0.1, 0.15) is 0 Å². The number of halogens is 1. The Morgan fingerprint density at radius 1 is 1.50 bits per heavy atom. The second kappa shape index (κ2) is 4.18. The molecule has 1 aromatic rings. The molecule has 1 heterocycles. The van der Waals surface area contributed by atoms with Gasteiger partial charge in [0.05, 0.1) is 20.6 Å². The summed E-state index contributed by atoms with van der Waals surface area (Å²) in [5, 5.41) is 9.58. The molecule has 1 amide bonds. The van der Waals surface area contributed by atoms with Crippen molar-refractivity contribution in [3.05, 3.63) is 15.9 Å². The van der Waals surface area contributed by atoms with E-state index in [4.69, 9.17) is 5.11 Å². The molecule has 0 saturated heterocycles. The lowest BCUT2D eigenvalue weighted by atomic mass is 10.3. The molecular weight excluding hydrogens is 294 g/mol. The first-order chi connectivity index (χ1) is 7.50. The predicted octanol–water partition coefficient (Wildman–Crippen LogP) is 2.19. The third kappa shape index (κ3) is 2.12. The summed E-state index contributed by atoms with van der Waals surface area (Å²) >= 11 is 4.78. The first kappa shape index (κ1) is 11.6. The summed E-state index contributed by atoms with van der Waals surface area (Å²) in [6, 6.07) is 3.70. The Balaban J connectivity index is 2.04. The third-order valence-corrected chi connectivity index (χ3v) is 4.35. The van der Waals surface area contributed by atoms with Crippen LogP contribution in [0.2, 0.25) is 0 Å². The van der Waals surface area contributed by atoms with Crippen molar-refractivity contribution in [2.75, 3.05) is 11.9 Å². The summed E-state index contributed by atoms with van der Waals surface area (Å²) < 4.78 is 0.952. The minimum atomic E-state index is -0.876. The number of hydrogen-bond acceptors (Lipinski definition) is 3. The van der Waals surface area contributed by atoms with Gasteiger partial charge in [0.2, 0.25) is 5.91 Å². The Morgan fingerprint density at radius 3 is 2.62 bits per heavy atom. The number of anilines is 1. The highest BCUT2D eigenvalue weighted by molar-refractivity contribution is 9.11. The fourth-order valence-corrected chi connectivity index (χ4v) is 2.91. The third-order valence-electron chi connectivity index (χ3n) is 2.65. The quantitative estimate of drug-likeness (QED) is 0.931. The molecule has 1 fully saturated rings. The number of aliphatic carboxylic acids is 1. The molecule has 1 saturated carbocycles. The number of thiophene rings is 1. The van der Waals surface area contributed by atoms with Crippen molar-refractivity contribution in [3.8, 4) is 0 Å². The first-order valence-electron chi connectivity index (χ1n) is 4.76. The van der Waals surface area contributed by atoms with E-state index in [1.807, 2.05) is 12.1 Å². The van der Waals surface area contributed by atoms with Gasteiger partial charge in [0.15, 0.2) is 0 Å². The Bertz CT molecular complexity index is 445. The van der Waals surface area contributed by atoms with Gasteiger partial charge < -0.3 is 10.0 Å². The number of carbonyl (C=O) groups excluding carboxylic acids is 1. The molecule has 1 aromatic heterocycles. The predicted molar refractivity (Wildman–Crippen MR) is 64.7 cm³/mol. The number of carboxylic acid groups (broad SMARTS) is 1. The highest BCUT2D eigenvalue weighted by Crippen LogP contribution is 2.41. The average molecular weight is 304 g/mol. The van der Waals surface area contributed by atoms with E-state index >= 15 is 0 Å². The van der Waals surface area contributed by atoms with Crippen molar-refractivity contribution in [1.82, 2.24) is 0 Å². The van der Waals surface area contributed by atoms with E-state index in [1.165, 1.54) is 16.2 Å². The molecule has 0 aromatic carbocycles. The van der Waals surface area contributed by atoms with Crippen LogP contribution >= 0.6 is 27.3 Å². The van der Waals surface area contributed by atoms with Crippen molar-refractivity contribution in [2.24, 2.45) is 11.8 Å². The minimum Gasteiger partial charge on any atom is -0.481 e. The summed E-state index contributed by atoms with van der Waals surface area (Å²) in [4.78, 5) is 24.1. The van der Waals surface area contributed by atoms with Gasteiger partial charge in [-0.2, -0.15) is 0 Å². The molecule has 0 spiro atoms. The maximum Gasteiger partial charge on any atom is 0.307 e. The lowest BCUT2D eigenvalue weighted by Crippen LogP contribution is -2.28. The van der Waals surface area contributed by atoms with Crippen LogP contribution in [-0.2, 0) is 9.59 Å². The van der Waals surface area contributed by atoms with E-state index in [0.717, 1.165) is 8.79 Å². The zero-order valence-corrected chi connectivity index (χ0v) is 10.9. The minimum absolute atomic E-state index is 0.109. The van der Waals surface area contributed by atoms with Crippen LogP contribution in [0.4, 0.5) is 5.00 Å². The lowest BCUT2D eigenvalue weighted by molar-refractivity contribution is -0.139. The molecule has 1 N–H and O–H groups in total. The zero-order chi connectivity index (χ0) is 11.9. The SMILES string of the molecule is CN(C(=O)C1CC1C(=O)O)c1ccc(Br)s1. The second-order valence-corrected chi connectivity index (χ2v) is 6.20. The van der Waals surface area contributed by atoms with Gasteiger partial charge in [0, 0.05) is 7.05 Å². The molecule has 6 heteroatoms. The van der Waals surface area contributed by atoms with Gasteiger partial charge >= 0.3 is 5.97 Å². The zero-order valence-electron chi connectivity index (χ0n) is 8.51. The van der Waals surface area contributed by atoms with E-state index in [1.54, 1.807) is 7.05 Å². The van der Waals surface area contributed by atoms with Crippen molar-refractivity contribution in [2.45, 2.75) is 6.42 Å². The Kier molecular flexibility index (Phi) is 3.03. The Labute approximate surface area is 105 Å². The van der Waals surface area contributed by atoms with E-state index in [-0.39, 0.29) is 11.8 Å². The first-order valence-corrected chi connectivity index (χ1v) is 6.37. The van der Waals surface area contributed by atoms with Crippen LogP contribution in [0.25, 0.3) is 0 Å². The highest BCUT2D eigenvalue weighted by atomic mass is 79.9. The van der Waals surface area contributed by atoms with Crippen molar-refractivity contribution >= 4 is 44.1 Å². The van der Waals surface area contributed by atoms with Gasteiger partial charge in [-0.1, -0.05) is 0 Å². The Morgan fingerprint density at radius 2 is 2.19 bits per heavy atom. The summed E-state index contributed by atoms with van der Waals surface area (Å²) in [5.74, 6) is -1.82. The lowest BCUT2D eigenvalue weighted by Gasteiger charge is -2.14. The fourth-order valence-electron chi connectivity index (χ4n) is 1.58. The highest BCUT2D eigenvalue weighted by Gasteiger charge is 2.49. The molecule has 1 aliphatic carbocycles. The monoisotopic (exact) mass is 303 g/mol. The largest absolute Gasteiger partial charge is 0.481 e. The summed E-state index contributed by atoms with van der Waals surface area (Å²) in [7, 11) is 1.68. The van der Waals surface area contributed by atoms with Crippen LogP contribution in [0.5, 0.6) is 0 Å². The van der Waals surface area contributed by atoms with Gasteiger partial charge in [0.25, 0.3) is 0 Å². The van der Waals surface area contributed by atoms with Crippen LogP contribution in [0.15, 0.2) is 15.9 Å². The molecule has 86 valence electrons. The van der Waals surface area contributed by atoms with E-state index in [0.29, 0.717) is 6.42 Å². The maximum atomic E-state index is 11.9. The molecule has 2 unspecified atom stereocenters. The van der Waals surface area contributed by atoms with Crippen LogP contribution in [0.1, 0.15) is 6.42 Å². The summed E-state index contributed by atoms with van der Waals surface area (Å²) in [6.45, 7) is 0. The van der Waals surface area contributed by atoms with Crippen LogP contribution in [-0.4, -0.2) is 24.0 Å².